The molecule has 0 spiro atoms. The first-order valence-electron chi connectivity index (χ1n) is 12.8. The van der Waals surface area contributed by atoms with Crippen LogP contribution in [0, 0.1) is 17.7 Å². The van der Waals surface area contributed by atoms with Gasteiger partial charge < -0.3 is 14.6 Å². The molecular formula is C31H33FO4. The van der Waals surface area contributed by atoms with Crippen molar-refractivity contribution < 1.29 is 23.8 Å². The van der Waals surface area contributed by atoms with Crippen LogP contribution in [0.1, 0.15) is 43.2 Å². The fourth-order valence-electron chi connectivity index (χ4n) is 6.13. The average molecular weight is 489 g/mol. The maximum absolute atomic E-state index is 13.7. The summed E-state index contributed by atoms with van der Waals surface area (Å²) in [5.74, 6) is -0.428. The summed E-state index contributed by atoms with van der Waals surface area (Å²) in [7, 11) is 0. The van der Waals surface area contributed by atoms with Crippen LogP contribution in [0.2, 0.25) is 0 Å². The van der Waals surface area contributed by atoms with Gasteiger partial charge in [0.1, 0.15) is 5.82 Å². The lowest BCUT2D eigenvalue weighted by molar-refractivity contribution is -0.137. The lowest BCUT2D eigenvalue weighted by Crippen LogP contribution is -2.41. The van der Waals surface area contributed by atoms with Crippen molar-refractivity contribution in [3.63, 3.8) is 0 Å². The Bertz CT molecular complexity index is 1220. The molecule has 1 aliphatic heterocycles. The number of carboxylic acid groups (broad SMARTS) is 1. The second-order valence-corrected chi connectivity index (χ2v) is 10.2. The van der Waals surface area contributed by atoms with Gasteiger partial charge in [0, 0.05) is 17.8 Å². The highest BCUT2D eigenvalue weighted by Gasteiger charge is 2.59. The van der Waals surface area contributed by atoms with E-state index in [0.29, 0.717) is 32.2 Å². The summed E-state index contributed by atoms with van der Waals surface area (Å²) < 4.78 is 26.2. The molecule has 1 heterocycles. The van der Waals surface area contributed by atoms with Crippen LogP contribution in [-0.2, 0) is 26.3 Å². The van der Waals surface area contributed by atoms with Gasteiger partial charge in [0.15, 0.2) is 0 Å². The van der Waals surface area contributed by atoms with Crippen LogP contribution >= 0.6 is 0 Å². The Morgan fingerprint density at radius 2 is 1.89 bits per heavy atom. The molecule has 5 rings (SSSR count). The third kappa shape index (κ3) is 5.23. The number of rotatable bonds is 11. The number of aliphatic carboxylic acids is 1. The van der Waals surface area contributed by atoms with Gasteiger partial charge in [-0.3, -0.25) is 4.79 Å². The molecule has 2 aliphatic rings. The molecule has 5 heteroatoms. The number of carboxylic acids is 1. The Balaban J connectivity index is 1.28. The van der Waals surface area contributed by atoms with Gasteiger partial charge in [-0.2, -0.15) is 0 Å². The predicted molar refractivity (Wildman–Crippen MR) is 138 cm³/mol. The number of unbranched alkanes of at least 4 members (excludes halogenated alkanes) is 1. The van der Waals surface area contributed by atoms with Gasteiger partial charge in [-0.05, 0) is 71.7 Å². The Morgan fingerprint density at radius 1 is 1.08 bits per heavy atom. The third-order valence-corrected chi connectivity index (χ3v) is 7.95. The SMILES string of the molecule is O=C(O)CCC/C=C\C[C@H]1[C@H](COCc2ccc3ccccc3c2)[C@@H]2C[C@@]1(c1ccc(F)cc1)CO2. The summed E-state index contributed by atoms with van der Waals surface area (Å²) in [6, 6.07) is 21.7. The van der Waals surface area contributed by atoms with Gasteiger partial charge in [-0.15, -0.1) is 0 Å². The number of hydrogen-bond donors (Lipinski definition) is 1. The molecule has 4 nitrogen and oxygen atoms in total. The number of halogens is 1. The minimum Gasteiger partial charge on any atom is -0.481 e. The normalized spacial score (nSPS) is 25.2. The van der Waals surface area contributed by atoms with Gasteiger partial charge >= 0.3 is 5.97 Å². The zero-order chi connectivity index (χ0) is 25.0. The quantitative estimate of drug-likeness (QED) is 0.242. The van der Waals surface area contributed by atoms with Gasteiger partial charge in [0.05, 0.1) is 25.9 Å². The Morgan fingerprint density at radius 3 is 2.69 bits per heavy atom. The number of ether oxygens (including phenoxy) is 2. The predicted octanol–water partition coefficient (Wildman–Crippen LogP) is 6.67. The van der Waals surface area contributed by atoms with Crippen molar-refractivity contribution in [2.45, 2.75) is 50.2 Å². The molecule has 0 radical (unpaired) electrons. The smallest absolute Gasteiger partial charge is 0.303 e. The Hall–Kier alpha value is -3.02. The number of carbonyl (C=O) groups is 1. The topological polar surface area (TPSA) is 55.8 Å². The average Bonchev–Trinajstić information content (AvgIpc) is 3.44. The summed E-state index contributed by atoms with van der Waals surface area (Å²) >= 11 is 0. The minimum atomic E-state index is -0.757. The first kappa shape index (κ1) is 24.7. The van der Waals surface area contributed by atoms with Crippen molar-refractivity contribution in [2.75, 3.05) is 13.2 Å². The van der Waals surface area contributed by atoms with Crippen LogP contribution in [-0.4, -0.2) is 30.4 Å². The lowest BCUT2D eigenvalue weighted by Gasteiger charge is -2.39. The highest BCUT2D eigenvalue weighted by Crippen LogP contribution is 2.56. The van der Waals surface area contributed by atoms with E-state index < -0.39 is 5.97 Å². The first-order chi connectivity index (χ1) is 17.5. The van der Waals surface area contributed by atoms with Crippen molar-refractivity contribution in [2.24, 2.45) is 11.8 Å². The Kier molecular flexibility index (Phi) is 7.49. The maximum Gasteiger partial charge on any atom is 0.303 e. The molecule has 1 aliphatic carbocycles. The van der Waals surface area contributed by atoms with Gasteiger partial charge in [-0.1, -0.05) is 60.7 Å². The number of fused-ring (bicyclic) bond motifs is 3. The van der Waals surface area contributed by atoms with E-state index in [1.54, 1.807) is 12.1 Å². The highest BCUT2D eigenvalue weighted by molar-refractivity contribution is 5.82. The molecule has 1 saturated heterocycles. The molecule has 3 aromatic carbocycles. The van der Waals surface area contributed by atoms with Crippen LogP contribution in [0.3, 0.4) is 0 Å². The van der Waals surface area contributed by atoms with E-state index >= 15 is 0 Å². The van der Waals surface area contributed by atoms with Gasteiger partial charge in [-0.25, -0.2) is 4.39 Å². The molecule has 2 bridgehead atoms. The molecule has 2 fully saturated rings. The second kappa shape index (κ2) is 10.9. The number of allylic oxidation sites excluding steroid dienone is 2. The summed E-state index contributed by atoms with van der Waals surface area (Å²) in [5, 5.41) is 11.3. The van der Waals surface area contributed by atoms with Crippen molar-refractivity contribution in [1.29, 1.82) is 0 Å². The van der Waals surface area contributed by atoms with E-state index in [4.69, 9.17) is 14.6 Å². The molecule has 3 aromatic rings. The maximum atomic E-state index is 13.7. The fourth-order valence-corrected chi connectivity index (χ4v) is 6.13. The zero-order valence-electron chi connectivity index (χ0n) is 20.4. The molecule has 36 heavy (non-hydrogen) atoms. The second-order valence-electron chi connectivity index (χ2n) is 10.2. The summed E-state index contributed by atoms with van der Waals surface area (Å²) in [5.41, 5.74) is 2.13. The first-order valence-corrected chi connectivity index (χ1v) is 12.8. The van der Waals surface area contributed by atoms with Crippen LogP contribution in [0.15, 0.2) is 78.9 Å². The third-order valence-electron chi connectivity index (χ3n) is 7.95. The van der Waals surface area contributed by atoms with E-state index in [0.717, 1.165) is 30.4 Å². The molecular weight excluding hydrogens is 455 g/mol. The summed E-state index contributed by atoms with van der Waals surface area (Å²) in [4.78, 5) is 10.8. The van der Waals surface area contributed by atoms with Gasteiger partial charge in [0.2, 0.25) is 0 Å². The Labute approximate surface area is 211 Å². The molecule has 0 aromatic heterocycles. The number of benzene rings is 3. The van der Waals surface area contributed by atoms with E-state index in [1.807, 2.05) is 24.3 Å². The minimum absolute atomic E-state index is 0.122. The molecule has 0 unspecified atom stereocenters. The summed E-state index contributed by atoms with van der Waals surface area (Å²) in [6.07, 6.45) is 7.78. The largest absolute Gasteiger partial charge is 0.481 e. The van der Waals surface area contributed by atoms with Gasteiger partial charge in [0.25, 0.3) is 0 Å². The standard InChI is InChI=1S/C31H33FO4/c32-26-15-13-25(14-16-26)31-18-29(36-21-31)27(28(31)9-3-1-2-4-10-30(33)34)20-35-19-22-11-12-23-7-5-6-8-24(23)17-22/h1,3,5-8,11-17,27-29H,2,4,9-10,18-21H2,(H,33,34)/b3-1-/t27-,28-,29-,31-/m0/s1. The van der Waals surface area contributed by atoms with Crippen LogP contribution in [0.4, 0.5) is 4.39 Å². The van der Waals surface area contributed by atoms with Crippen LogP contribution in [0.25, 0.3) is 10.8 Å². The monoisotopic (exact) mass is 488 g/mol. The van der Waals surface area contributed by atoms with Crippen LogP contribution in [0.5, 0.6) is 0 Å². The lowest BCUT2D eigenvalue weighted by atomic mass is 9.69. The van der Waals surface area contributed by atoms with E-state index in [-0.39, 0.29) is 29.7 Å². The molecule has 188 valence electrons. The highest BCUT2D eigenvalue weighted by atomic mass is 19.1. The fraction of sp³-hybridized carbons (Fsp3) is 0.387. The van der Waals surface area contributed by atoms with E-state index in [2.05, 4.69) is 42.5 Å². The van der Waals surface area contributed by atoms with Crippen molar-refractivity contribution in [3.8, 4) is 0 Å². The van der Waals surface area contributed by atoms with Crippen molar-refractivity contribution in [3.05, 3.63) is 95.8 Å². The molecule has 1 saturated carbocycles. The number of hydrogen-bond acceptors (Lipinski definition) is 3. The van der Waals surface area contributed by atoms with E-state index in [1.165, 1.54) is 10.8 Å². The van der Waals surface area contributed by atoms with E-state index in [9.17, 15) is 9.18 Å². The van der Waals surface area contributed by atoms with Crippen molar-refractivity contribution >= 4 is 16.7 Å². The zero-order valence-corrected chi connectivity index (χ0v) is 20.4. The molecule has 1 N–H and O–H groups in total. The molecule has 4 atom stereocenters. The molecule has 0 amide bonds. The van der Waals surface area contributed by atoms with Crippen molar-refractivity contribution in [1.82, 2.24) is 0 Å². The summed E-state index contributed by atoms with van der Waals surface area (Å²) in [6.45, 7) is 1.80. The van der Waals surface area contributed by atoms with Crippen LogP contribution < -0.4 is 0 Å².